The number of ether oxygens (including phenoxy) is 2. The Labute approximate surface area is 149 Å². The molecular formula is C18H19N3O5. The van der Waals surface area contributed by atoms with E-state index in [1.165, 1.54) is 7.11 Å². The maximum atomic E-state index is 12.5. The number of aryl methyl sites for hydroxylation is 1. The van der Waals surface area contributed by atoms with E-state index in [1.807, 2.05) is 12.1 Å². The second-order valence-corrected chi connectivity index (χ2v) is 5.88. The summed E-state index contributed by atoms with van der Waals surface area (Å²) in [6.45, 7) is 0.299. The topological polar surface area (TPSA) is 103 Å². The predicted octanol–water partition coefficient (Wildman–Crippen LogP) is 1.75. The Bertz CT molecular complexity index is 1010. The van der Waals surface area contributed by atoms with Crippen molar-refractivity contribution in [2.45, 2.75) is 6.04 Å². The van der Waals surface area contributed by atoms with E-state index in [2.05, 4.69) is 10.3 Å². The van der Waals surface area contributed by atoms with Crippen LogP contribution in [-0.2, 0) is 11.8 Å². The molecule has 0 aliphatic carbocycles. The molecule has 26 heavy (non-hydrogen) atoms. The van der Waals surface area contributed by atoms with Gasteiger partial charge in [-0.1, -0.05) is 0 Å². The Balaban J connectivity index is 1.94. The van der Waals surface area contributed by atoms with E-state index in [1.54, 1.807) is 36.1 Å². The second-order valence-electron chi connectivity index (χ2n) is 5.88. The van der Waals surface area contributed by atoms with E-state index in [4.69, 9.17) is 14.6 Å². The van der Waals surface area contributed by atoms with Gasteiger partial charge in [0.1, 0.15) is 12.4 Å². The van der Waals surface area contributed by atoms with E-state index in [0.717, 1.165) is 16.3 Å². The Kier molecular flexibility index (Phi) is 5.04. The van der Waals surface area contributed by atoms with Crippen LogP contribution in [0.15, 0.2) is 41.5 Å². The molecule has 2 aromatic heterocycles. The van der Waals surface area contributed by atoms with Gasteiger partial charge in [0.15, 0.2) is 0 Å². The number of carboxylic acid groups (broad SMARTS) is 1. The SMILES string of the molecule is COCC(COc1ccc2c3ccncc3c(=O)n(C)c2c1)NC(=O)O. The molecule has 8 heteroatoms. The summed E-state index contributed by atoms with van der Waals surface area (Å²) in [4.78, 5) is 27.4. The highest BCUT2D eigenvalue weighted by Crippen LogP contribution is 2.25. The van der Waals surface area contributed by atoms with Gasteiger partial charge in [-0.2, -0.15) is 0 Å². The monoisotopic (exact) mass is 357 g/mol. The standard InChI is InChI=1S/C18H19N3O5/c1-21-16-7-12(26-10-11(9-25-2)20-18(23)24)3-4-14(16)13-5-6-19-8-15(13)17(21)22/h3-8,11,20H,9-10H2,1-2H3,(H,23,24). The zero-order chi connectivity index (χ0) is 18.7. The summed E-state index contributed by atoms with van der Waals surface area (Å²) in [6, 6.07) is 6.74. The fourth-order valence-corrected chi connectivity index (χ4v) is 2.90. The van der Waals surface area contributed by atoms with Gasteiger partial charge in [-0.15, -0.1) is 0 Å². The third kappa shape index (κ3) is 3.45. The normalized spacial score (nSPS) is 12.2. The average molecular weight is 357 g/mol. The van der Waals surface area contributed by atoms with E-state index in [9.17, 15) is 9.59 Å². The number of methoxy groups -OCH3 is 1. The van der Waals surface area contributed by atoms with Crippen LogP contribution in [0.25, 0.3) is 21.7 Å². The highest BCUT2D eigenvalue weighted by Gasteiger charge is 2.13. The van der Waals surface area contributed by atoms with Crippen LogP contribution in [0.2, 0.25) is 0 Å². The van der Waals surface area contributed by atoms with E-state index >= 15 is 0 Å². The van der Waals surface area contributed by atoms with Crippen molar-refractivity contribution < 1.29 is 19.4 Å². The van der Waals surface area contributed by atoms with Crippen LogP contribution >= 0.6 is 0 Å². The van der Waals surface area contributed by atoms with Crippen molar-refractivity contribution in [1.82, 2.24) is 14.9 Å². The molecule has 2 heterocycles. The summed E-state index contributed by atoms with van der Waals surface area (Å²) >= 11 is 0. The van der Waals surface area contributed by atoms with Crippen LogP contribution in [-0.4, -0.2) is 47.1 Å². The number of carbonyl (C=O) groups is 1. The number of pyridine rings is 2. The first-order valence-corrected chi connectivity index (χ1v) is 7.99. The summed E-state index contributed by atoms with van der Waals surface area (Å²) in [5.41, 5.74) is 0.586. The number of benzene rings is 1. The van der Waals surface area contributed by atoms with Gasteiger partial charge < -0.3 is 24.5 Å². The van der Waals surface area contributed by atoms with Crippen LogP contribution < -0.4 is 15.6 Å². The van der Waals surface area contributed by atoms with Crippen LogP contribution in [0.5, 0.6) is 5.75 Å². The molecule has 0 aliphatic heterocycles. The second kappa shape index (κ2) is 7.40. The summed E-state index contributed by atoms with van der Waals surface area (Å²) < 4.78 is 12.2. The zero-order valence-corrected chi connectivity index (χ0v) is 14.4. The minimum atomic E-state index is -1.14. The smallest absolute Gasteiger partial charge is 0.405 e. The number of nitrogens with zero attached hydrogens (tertiary/aromatic N) is 2. The van der Waals surface area contributed by atoms with Crippen molar-refractivity contribution in [3.63, 3.8) is 0 Å². The number of rotatable bonds is 6. The molecule has 0 saturated carbocycles. The number of amides is 1. The molecule has 0 spiro atoms. The number of nitrogens with one attached hydrogen (secondary N) is 1. The van der Waals surface area contributed by atoms with Crippen molar-refractivity contribution in [3.8, 4) is 5.75 Å². The minimum Gasteiger partial charge on any atom is -0.491 e. The molecular weight excluding hydrogens is 338 g/mol. The first-order chi connectivity index (χ1) is 12.5. The van der Waals surface area contributed by atoms with Crippen molar-refractivity contribution in [3.05, 3.63) is 47.0 Å². The van der Waals surface area contributed by atoms with E-state index in [0.29, 0.717) is 11.1 Å². The van der Waals surface area contributed by atoms with Crippen LogP contribution in [0.1, 0.15) is 0 Å². The average Bonchev–Trinajstić information content (AvgIpc) is 2.64. The number of aromatic nitrogens is 2. The minimum absolute atomic E-state index is 0.108. The lowest BCUT2D eigenvalue weighted by atomic mass is 10.1. The Morgan fingerprint density at radius 2 is 2.08 bits per heavy atom. The van der Waals surface area contributed by atoms with Crippen LogP contribution in [0.3, 0.4) is 0 Å². The molecule has 0 radical (unpaired) electrons. The number of hydrogen-bond donors (Lipinski definition) is 2. The number of fused-ring (bicyclic) bond motifs is 3. The van der Waals surface area contributed by atoms with Gasteiger partial charge in [0.25, 0.3) is 5.56 Å². The molecule has 0 fully saturated rings. The molecule has 0 bridgehead atoms. The van der Waals surface area contributed by atoms with E-state index < -0.39 is 12.1 Å². The number of hydrogen-bond acceptors (Lipinski definition) is 5. The first-order valence-electron chi connectivity index (χ1n) is 7.99. The van der Waals surface area contributed by atoms with Crippen molar-refractivity contribution in [1.29, 1.82) is 0 Å². The molecule has 8 nitrogen and oxygen atoms in total. The molecule has 1 amide bonds. The van der Waals surface area contributed by atoms with Gasteiger partial charge in [-0.05, 0) is 23.6 Å². The summed E-state index contributed by atoms with van der Waals surface area (Å²) in [5.74, 6) is 0.536. The summed E-state index contributed by atoms with van der Waals surface area (Å²) in [6.07, 6.45) is 2.07. The predicted molar refractivity (Wildman–Crippen MR) is 96.8 cm³/mol. The first kappa shape index (κ1) is 17.7. The van der Waals surface area contributed by atoms with Crippen molar-refractivity contribution in [2.75, 3.05) is 20.3 Å². The van der Waals surface area contributed by atoms with Crippen molar-refractivity contribution in [2.24, 2.45) is 7.05 Å². The largest absolute Gasteiger partial charge is 0.491 e. The van der Waals surface area contributed by atoms with Gasteiger partial charge in [0.05, 0.1) is 23.6 Å². The summed E-state index contributed by atoms with van der Waals surface area (Å²) in [5, 5.41) is 13.5. The highest BCUT2D eigenvalue weighted by molar-refractivity contribution is 6.05. The zero-order valence-electron chi connectivity index (χ0n) is 14.4. The highest BCUT2D eigenvalue weighted by atomic mass is 16.5. The Morgan fingerprint density at radius 1 is 1.27 bits per heavy atom. The van der Waals surface area contributed by atoms with Gasteiger partial charge in [-0.3, -0.25) is 9.78 Å². The van der Waals surface area contributed by atoms with Gasteiger partial charge in [-0.25, -0.2) is 4.79 Å². The molecule has 136 valence electrons. The van der Waals surface area contributed by atoms with Gasteiger partial charge in [0.2, 0.25) is 0 Å². The van der Waals surface area contributed by atoms with Gasteiger partial charge in [0, 0.05) is 38.0 Å². The lowest BCUT2D eigenvalue weighted by molar-refractivity contribution is 0.127. The maximum Gasteiger partial charge on any atom is 0.405 e. The third-order valence-electron chi connectivity index (χ3n) is 4.12. The molecule has 1 unspecified atom stereocenters. The molecule has 1 atom stereocenters. The van der Waals surface area contributed by atoms with Crippen LogP contribution in [0, 0.1) is 0 Å². The lowest BCUT2D eigenvalue weighted by Gasteiger charge is -2.17. The molecule has 2 N–H and O–H groups in total. The Morgan fingerprint density at radius 3 is 2.81 bits per heavy atom. The van der Waals surface area contributed by atoms with Crippen molar-refractivity contribution >= 4 is 27.8 Å². The lowest BCUT2D eigenvalue weighted by Crippen LogP contribution is -2.41. The third-order valence-corrected chi connectivity index (χ3v) is 4.12. The van der Waals surface area contributed by atoms with E-state index in [-0.39, 0.29) is 18.8 Å². The summed E-state index contributed by atoms with van der Waals surface area (Å²) in [7, 11) is 3.18. The Hall–Kier alpha value is -3.13. The van der Waals surface area contributed by atoms with Crippen LogP contribution in [0.4, 0.5) is 4.79 Å². The van der Waals surface area contributed by atoms with Gasteiger partial charge >= 0.3 is 6.09 Å². The molecule has 0 saturated heterocycles. The fraction of sp³-hybridized carbons (Fsp3) is 0.278. The fourth-order valence-electron chi connectivity index (χ4n) is 2.90. The molecule has 3 aromatic rings. The molecule has 0 aliphatic rings. The quantitative estimate of drug-likeness (QED) is 0.652. The maximum absolute atomic E-state index is 12.5. The molecule has 3 rings (SSSR count). The molecule has 1 aromatic carbocycles.